The largest absolute Gasteiger partial charge is 0.493 e. The predicted molar refractivity (Wildman–Crippen MR) is 166 cm³/mol. The van der Waals surface area contributed by atoms with Crippen LogP contribution in [0.2, 0.25) is 0 Å². The van der Waals surface area contributed by atoms with Crippen molar-refractivity contribution in [2.24, 2.45) is 0 Å². The highest BCUT2D eigenvalue weighted by Gasteiger charge is 2.24. The van der Waals surface area contributed by atoms with Crippen LogP contribution >= 0.6 is 11.3 Å². The Bertz CT molecular complexity index is 1280. The summed E-state index contributed by atoms with van der Waals surface area (Å²) in [5.74, 6) is 1.10. The minimum Gasteiger partial charge on any atom is -0.493 e. The maximum absolute atomic E-state index is 13.9. The molecule has 0 aliphatic carbocycles. The zero-order chi connectivity index (χ0) is 29.7. The van der Waals surface area contributed by atoms with Crippen LogP contribution in [0.25, 0.3) is 0 Å². The Morgan fingerprint density at radius 2 is 1.64 bits per heavy atom. The summed E-state index contributed by atoms with van der Waals surface area (Å²) < 4.78 is 16.6. The molecule has 3 aromatic rings. The average Bonchev–Trinajstić information content (AvgIpc) is 3.69. The summed E-state index contributed by atoms with van der Waals surface area (Å²) in [6.45, 7) is 6.75. The minimum absolute atomic E-state index is 0.0255. The average molecular weight is 594 g/mol. The Morgan fingerprint density at radius 3 is 2.33 bits per heavy atom. The number of methoxy groups -OCH3 is 2. The van der Waals surface area contributed by atoms with E-state index < -0.39 is 0 Å². The first-order chi connectivity index (χ1) is 20.5. The van der Waals surface area contributed by atoms with Gasteiger partial charge in [0.1, 0.15) is 6.61 Å². The van der Waals surface area contributed by atoms with E-state index in [1.54, 1.807) is 30.5 Å². The van der Waals surface area contributed by atoms with Crippen LogP contribution in [0.1, 0.15) is 34.4 Å². The van der Waals surface area contributed by atoms with Gasteiger partial charge < -0.3 is 28.9 Å². The number of carbonyl (C=O) groups is 2. The van der Waals surface area contributed by atoms with E-state index in [-0.39, 0.29) is 25.0 Å². The molecule has 0 saturated carbocycles. The van der Waals surface area contributed by atoms with E-state index in [0.717, 1.165) is 35.6 Å². The van der Waals surface area contributed by atoms with Gasteiger partial charge in [0.25, 0.3) is 0 Å². The number of hydrogen-bond acceptors (Lipinski definition) is 7. The Balaban J connectivity index is 1.44. The number of aryl methyl sites for hydroxylation is 1. The minimum atomic E-state index is -0.161. The van der Waals surface area contributed by atoms with E-state index in [9.17, 15) is 9.59 Å². The Morgan fingerprint density at radius 1 is 0.881 bits per heavy atom. The fourth-order valence-corrected chi connectivity index (χ4v) is 6.00. The van der Waals surface area contributed by atoms with Crippen molar-refractivity contribution in [3.63, 3.8) is 0 Å². The first-order valence-electron chi connectivity index (χ1n) is 14.6. The molecule has 42 heavy (non-hydrogen) atoms. The molecule has 0 atom stereocenters. The van der Waals surface area contributed by atoms with E-state index in [2.05, 4.69) is 23.3 Å². The Hall–Kier alpha value is -3.40. The quantitative estimate of drug-likeness (QED) is 0.238. The van der Waals surface area contributed by atoms with Gasteiger partial charge in [0.05, 0.1) is 33.9 Å². The lowest BCUT2D eigenvalue weighted by atomic mass is 10.1. The van der Waals surface area contributed by atoms with Crippen molar-refractivity contribution in [3.8, 4) is 11.5 Å². The number of ether oxygens (including phenoxy) is 3. The van der Waals surface area contributed by atoms with E-state index in [4.69, 9.17) is 14.2 Å². The highest BCUT2D eigenvalue weighted by atomic mass is 32.1. The molecule has 8 nitrogen and oxygen atoms in total. The van der Waals surface area contributed by atoms with Gasteiger partial charge in [0.15, 0.2) is 11.5 Å². The number of nitrogens with zero attached hydrogens (tertiary/aromatic N) is 3. The van der Waals surface area contributed by atoms with Crippen molar-refractivity contribution < 1.29 is 23.8 Å². The van der Waals surface area contributed by atoms with Gasteiger partial charge in [0.2, 0.25) is 11.8 Å². The highest BCUT2D eigenvalue weighted by Crippen LogP contribution is 2.28. The van der Waals surface area contributed by atoms with Crippen molar-refractivity contribution in [1.29, 1.82) is 0 Å². The number of hydrogen-bond donors (Lipinski definition) is 0. The highest BCUT2D eigenvalue weighted by molar-refractivity contribution is 7.10. The van der Waals surface area contributed by atoms with Gasteiger partial charge in [-0.15, -0.1) is 11.3 Å². The molecule has 0 unspecified atom stereocenters. The standard InChI is InChI=1S/C33H43N3O5S/c1-26-14-20-42-31(26)22-35(17-13-27-11-12-29(39-2)30(21-27)40-3)32(37)23-36(19-18-34-15-7-8-16-34)33(38)25-41-24-28-9-5-4-6-10-28/h4-6,9-12,14,20-21H,7-8,13,15-19,22-25H2,1-3H3. The normalized spacial score (nSPS) is 13.2. The topological polar surface area (TPSA) is 71.6 Å². The van der Waals surface area contributed by atoms with Crippen molar-refractivity contribution >= 4 is 23.2 Å². The first kappa shape index (κ1) is 31.5. The van der Waals surface area contributed by atoms with Crippen LogP contribution in [0.3, 0.4) is 0 Å². The van der Waals surface area contributed by atoms with Crippen LogP contribution in [0.4, 0.5) is 0 Å². The molecule has 1 aliphatic heterocycles. The fraction of sp³-hybridized carbons (Fsp3) is 0.455. The fourth-order valence-electron chi connectivity index (χ4n) is 5.08. The molecular formula is C33H43N3O5S. The maximum Gasteiger partial charge on any atom is 0.249 e. The van der Waals surface area contributed by atoms with Gasteiger partial charge in [0, 0.05) is 24.5 Å². The van der Waals surface area contributed by atoms with Gasteiger partial charge >= 0.3 is 0 Å². The number of benzene rings is 2. The second-order valence-electron chi connectivity index (χ2n) is 10.6. The molecule has 1 aliphatic rings. The third-order valence-corrected chi connectivity index (χ3v) is 8.68. The van der Waals surface area contributed by atoms with Crippen LogP contribution in [0.15, 0.2) is 60.0 Å². The molecule has 2 aromatic carbocycles. The van der Waals surface area contributed by atoms with Crippen molar-refractivity contribution in [1.82, 2.24) is 14.7 Å². The zero-order valence-electron chi connectivity index (χ0n) is 25.0. The molecule has 2 amide bonds. The molecule has 9 heteroatoms. The molecule has 1 aromatic heterocycles. The summed E-state index contributed by atoms with van der Waals surface area (Å²) >= 11 is 1.65. The van der Waals surface area contributed by atoms with Crippen LogP contribution in [-0.4, -0.2) is 86.6 Å². The lowest BCUT2D eigenvalue weighted by Crippen LogP contribution is -2.46. The van der Waals surface area contributed by atoms with Crippen LogP contribution in [0, 0.1) is 6.92 Å². The number of rotatable bonds is 16. The third-order valence-electron chi connectivity index (χ3n) is 7.67. The smallest absolute Gasteiger partial charge is 0.249 e. The van der Waals surface area contributed by atoms with E-state index in [1.165, 1.54) is 18.4 Å². The van der Waals surface area contributed by atoms with Crippen LogP contribution in [0.5, 0.6) is 11.5 Å². The summed E-state index contributed by atoms with van der Waals surface area (Å²) in [7, 11) is 3.24. The lowest BCUT2D eigenvalue weighted by molar-refractivity contribution is -0.144. The van der Waals surface area contributed by atoms with Gasteiger partial charge in [-0.05, 0) is 79.5 Å². The van der Waals surface area contributed by atoms with Crippen molar-refractivity contribution in [3.05, 3.63) is 81.5 Å². The Kier molecular flexibility index (Phi) is 12.2. The van der Waals surface area contributed by atoms with Gasteiger partial charge in [-0.1, -0.05) is 36.4 Å². The van der Waals surface area contributed by atoms with E-state index in [0.29, 0.717) is 44.2 Å². The molecule has 1 saturated heterocycles. The first-order valence-corrected chi connectivity index (χ1v) is 15.5. The maximum atomic E-state index is 13.9. The molecule has 2 heterocycles. The molecule has 0 bridgehead atoms. The molecule has 1 fully saturated rings. The van der Waals surface area contributed by atoms with E-state index in [1.807, 2.05) is 53.4 Å². The monoisotopic (exact) mass is 593 g/mol. The second-order valence-corrected chi connectivity index (χ2v) is 11.6. The number of carbonyl (C=O) groups excluding carboxylic acids is 2. The predicted octanol–water partition coefficient (Wildman–Crippen LogP) is 4.79. The number of amides is 2. The van der Waals surface area contributed by atoms with E-state index >= 15 is 0 Å². The molecule has 226 valence electrons. The molecule has 0 radical (unpaired) electrons. The van der Waals surface area contributed by atoms with Crippen molar-refractivity contribution in [2.45, 2.75) is 39.3 Å². The molecule has 0 spiro atoms. The third kappa shape index (κ3) is 9.31. The zero-order valence-corrected chi connectivity index (χ0v) is 25.9. The van der Waals surface area contributed by atoms with Crippen LogP contribution < -0.4 is 9.47 Å². The number of thiophene rings is 1. The Labute approximate surface area is 253 Å². The summed E-state index contributed by atoms with van der Waals surface area (Å²) in [6, 6.07) is 17.7. The van der Waals surface area contributed by atoms with Gasteiger partial charge in [-0.2, -0.15) is 0 Å². The van der Waals surface area contributed by atoms with Gasteiger partial charge in [-0.25, -0.2) is 0 Å². The molecular weight excluding hydrogens is 550 g/mol. The molecule has 4 rings (SSSR count). The summed E-state index contributed by atoms with van der Waals surface area (Å²) in [5.41, 5.74) is 3.22. The van der Waals surface area contributed by atoms with Gasteiger partial charge in [-0.3, -0.25) is 9.59 Å². The SMILES string of the molecule is COc1ccc(CCN(Cc2sccc2C)C(=O)CN(CCN2CCCC2)C(=O)COCc2ccccc2)cc1OC. The molecule has 0 N–H and O–H groups in total. The summed E-state index contributed by atoms with van der Waals surface area (Å²) in [5, 5.41) is 2.05. The number of likely N-dealkylation sites (tertiary alicyclic amines) is 1. The second kappa shape index (κ2) is 16.3. The summed E-state index contributed by atoms with van der Waals surface area (Å²) in [4.78, 5) is 34.3. The summed E-state index contributed by atoms with van der Waals surface area (Å²) in [6.07, 6.45) is 3.01. The van der Waals surface area contributed by atoms with Crippen molar-refractivity contribution in [2.75, 3.05) is 60.1 Å². The lowest BCUT2D eigenvalue weighted by Gasteiger charge is -2.29. The van der Waals surface area contributed by atoms with Crippen LogP contribution in [-0.2, 0) is 33.9 Å².